The van der Waals surface area contributed by atoms with Crippen molar-refractivity contribution >= 4 is 21.5 Å². The number of hydrogen-bond acceptors (Lipinski definition) is 6. The molecule has 0 bridgehead atoms. The molecule has 10 heteroatoms. The quantitative estimate of drug-likeness (QED) is 0.289. The van der Waals surface area contributed by atoms with E-state index in [2.05, 4.69) is 32.0 Å². The molecule has 5 rings (SSSR count). The fourth-order valence-electron chi connectivity index (χ4n) is 4.92. The number of thiophene rings is 1. The van der Waals surface area contributed by atoms with Crippen LogP contribution in [0.25, 0.3) is 21.8 Å². The molecule has 1 fully saturated rings. The van der Waals surface area contributed by atoms with Crippen LogP contribution in [-0.4, -0.2) is 67.7 Å². The van der Waals surface area contributed by atoms with Gasteiger partial charge >= 0.3 is 0 Å². The third-order valence-electron chi connectivity index (χ3n) is 7.05. The molecule has 1 atom stereocenters. The molecule has 200 valence electrons. The maximum absolute atomic E-state index is 13.2. The van der Waals surface area contributed by atoms with Crippen LogP contribution in [0.4, 0.5) is 0 Å². The first kappa shape index (κ1) is 26.6. The van der Waals surface area contributed by atoms with Gasteiger partial charge in [-0.05, 0) is 54.1 Å². The molecule has 38 heavy (non-hydrogen) atoms. The van der Waals surface area contributed by atoms with Gasteiger partial charge in [0, 0.05) is 50.4 Å². The summed E-state index contributed by atoms with van der Waals surface area (Å²) in [6.07, 6.45) is 1.32. The Kier molecular flexibility index (Phi) is 8.25. The Morgan fingerprint density at radius 1 is 1.13 bits per heavy atom. The van der Waals surface area contributed by atoms with Crippen molar-refractivity contribution in [3.8, 4) is 27.6 Å². The smallest absolute Gasteiger partial charge is 0.279 e. The summed E-state index contributed by atoms with van der Waals surface area (Å²) in [5.41, 5.74) is 4.94. The molecular weight excluding hydrogens is 518 g/mol. The van der Waals surface area contributed by atoms with Crippen molar-refractivity contribution in [2.45, 2.75) is 25.4 Å². The number of methoxy groups -OCH3 is 1. The van der Waals surface area contributed by atoms with Crippen molar-refractivity contribution in [2.24, 2.45) is 0 Å². The number of rotatable bonds is 11. The Morgan fingerprint density at radius 2 is 1.92 bits per heavy atom. The van der Waals surface area contributed by atoms with Gasteiger partial charge in [0.25, 0.3) is 10.2 Å². The Morgan fingerprint density at radius 3 is 2.63 bits per heavy atom. The van der Waals surface area contributed by atoms with Crippen molar-refractivity contribution in [3.05, 3.63) is 83.2 Å². The second kappa shape index (κ2) is 11.8. The van der Waals surface area contributed by atoms with Crippen molar-refractivity contribution in [3.63, 3.8) is 0 Å². The second-order valence-electron chi connectivity index (χ2n) is 9.46. The highest BCUT2D eigenvalue weighted by molar-refractivity contribution is 7.87. The number of benzene rings is 2. The minimum atomic E-state index is -3.63. The molecule has 0 amide bonds. The SMILES string of the molecule is COc1ccc(-c2[nH]nc(-c3cccs3)c2CCNS(=O)(=O)N(C)[C@@H]2CCN(Cc3ccccc3)C2)cc1. The molecule has 1 saturated heterocycles. The number of nitrogens with zero attached hydrogens (tertiary/aromatic N) is 3. The van der Waals surface area contributed by atoms with Gasteiger partial charge in [0.1, 0.15) is 11.4 Å². The Bertz CT molecular complexity index is 1420. The molecule has 2 aromatic heterocycles. The van der Waals surface area contributed by atoms with Gasteiger partial charge in [0.05, 0.1) is 17.7 Å². The molecule has 0 radical (unpaired) electrons. The predicted octanol–water partition coefficient (Wildman–Crippen LogP) is 4.40. The first-order valence-electron chi connectivity index (χ1n) is 12.7. The van der Waals surface area contributed by atoms with E-state index in [0.717, 1.165) is 59.2 Å². The zero-order valence-electron chi connectivity index (χ0n) is 21.6. The van der Waals surface area contributed by atoms with Gasteiger partial charge in [0.2, 0.25) is 0 Å². The maximum atomic E-state index is 13.2. The van der Waals surface area contributed by atoms with Crippen molar-refractivity contribution < 1.29 is 13.2 Å². The average Bonchev–Trinajstić information content (AvgIpc) is 3.70. The normalized spacial score (nSPS) is 16.3. The lowest BCUT2D eigenvalue weighted by molar-refractivity contribution is 0.297. The summed E-state index contributed by atoms with van der Waals surface area (Å²) in [7, 11) is -0.317. The molecule has 4 aromatic rings. The predicted molar refractivity (Wildman–Crippen MR) is 152 cm³/mol. The molecule has 1 aliphatic rings. The highest BCUT2D eigenvalue weighted by atomic mass is 32.2. The number of aromatic nitrogens is 2. The van der Waals surface area contributed by atoms with Gasteiger partial charge < -0.3 is 4.74 Å². The molecule has 3 heterocycles. The zero-order valence-corrected chi connectivity index (χ0v) is 23.3. The first-order valence-corrected chi connectivity index (χ1v) is 15.0. The summed E-state index contributed by atoms with van der Waals surface area (Å²) in [4.78, 5) is 3.35. The molecular formula is C28H33N5O3S2. The number of H-pyrrole nitrogens is 1. The van der Waals surface area contributed by atoms with Crippen LogP contribution in [0.2, 0.25) is 0 Å². The third kappa shape index (κ3) is 6.00. The number of likely N-dealkylation sites (N-methyl/N-ethyl adjacent to an activating group) is 1. The van der Waals surface area contributed by atoms with Crippen molar-refractivity contribution in [1.29, 1.82) is 0 Å². The number of aromatic amines is 1. The van der Waals surface area contributed by atoms with Gasteiger partial charge in [-0.25, -0.2) is 4.72 Å². The van der Waals surface area contributed by atoms with Gasteiger partial charge in [-0.1, -0.05) is 36.4 Å². The van der Waals surface area contributed by atoms with Crippen molar-refractivity contribution in [1.82, 2.24) is 24.1 Å². The Labute approximate surface area is 228 Å². The van der Waals surface area contributed by atoms with Gasteiger partial charge in [-0.2, -0.15) is 17.8 Å². The number of nitrogens with one attached hydrogen (secondary N) is 2. The fourth-order valence-corrected chi connectivity index (χ4v) is 6.79. The molecule has 0 saturated carbocycles. The summed E-state index contributed by atoms with van der Waals surface area (Å²) in [5.74, 6) is 0.776. The van der Waals surface area contributed by atoms with Crippen LogP contribution in [0, 0.1) is 0 Å². The first-order chi connectivity index (χ1) is 18.4. The molecule has 0 unspecified atom stereocenters. The van der Waals surface area contributed by atoms with Gasteiger partial charge in [0.15, 0.2) is 0 Å². The van der Waals surface area contributed by atoms with E-state index < -0.39 is 10.2 Å². The average molecular weight is 552 g/mol. The number of hydrogen-bond donors (Lipinski definition) is 2. The molecule has 0 aliphatic carbocycles. The molecule has 8 nitrogen and oxygen atoms in total. The highest BCUT2D eigenvalue weighted by Crippen LogP contribution is 2.33. The largest absolute Gasteiger partial charge is 0.497 e. The highest BCUT2D eigenvalue weighted by Gasteiger charge is 2.32. The summed E-state index contributed by atoms with van der Waals surface area (Å²) < 4.78 is 36.0. The fraction of sp³-hybridized carbons (Fsp3) is 0.321. The van der Waals surface area contributed by atoms with E-state index in [1.807, 2.05) is 60.0 Å². The molecule has 2 aromatic carbocycles. The van der Waals surface area contributed by atoms with Crippen LogP contribution in [0.5, 0.6) is 5.75 Å². The summed E-state index contributed by atoms with van der Waals surface area (Å²) in [5, 5.41) is 9.79. The van der Waals surface area contributed by atoms with E-state index in [9.17, 15) is 8.42 Å². The second-order valence-corrected chi connectivity index (χ2v) is 12.2. The monoisotopic (exact) mass is 551 g/mol. The lowest BCUT2D eigenvalue weighted by Crippen LogP contribution is -2.45. The molecule has 2 N–H and O–H groups in total. The van der Waals surface area contributed by atoms with Crippen LogP contribution in [0.3, 0.4) is 0 Å². The van der Waals surface area contributed by atoms with E-state index in [0.29, 0.717) is 6.42 Å². The zero-order chi connectivity index (χ0) is 26.5. The minimum absolute atomic E-state index is 0.0540. The Hall–Kier alpha value is -3.02. The van der Waals surface area contributed by atoms with E-state index >= 15 is 0 Å². The number of likely N-dealkylation sites (tertiary alicyclic amines) is 1. The van der Waals surface area contributed by atoms with Gasteiger partial charge in [-0.15, -0.1) is 11.3 Å². The van der Waals surface area contributed by atoms with E-state index in [1.54, 1.807) is 25.5 Å². The summed E-state index contributed by atoms with van der Waals surface area (Å²) in [6.45, 7) is 2.70. The summed E-state index contributed by atoms with van der Waals surface area (Å²) in [6, 6.07) is 22.0. The Balaban J connectivity index is 1.25. The van der Waals surface area contributed by atoms with Crippen LogP contribution in [0.15, 0.2) is 72.1 Å². The lowest BCUT2D eigenvalue weighted by atomic mass is 10.0. The van der Waals surface area contributed by atoms with E-state index in [-0.39, 0.29) is 12.6 Å². The lowest BCUT2D eigenvalue weighted by Gasteiger charge is -2.24. The number of ether oxygens (including phenoxy) is 1. The minimum Gasteiger partial charge on any atom is -0.497 e. The standard InChI is InChI=1S/C28H33N5O3S2/c1-32(23-15-17-33(20-23)19-21-7-4-3-5-8-21)38(34,35)29-16-14-25-27(22-10-12-24(36-2)13-11-22)30-31-28(25)26-9-6-18-37-26/h3-13,18,23,29H,14-17,19-20H2,1-2H3,(H,30,31)/t23-/m1/s1. The molecule has 0 spiro atoms. The topological polar surface area (TPSA) is 90.6 Å². The molecule has 1 aliphatic heterocycles. The van der Waals surface area contributed by atoms with E-state index in [4.69, 9.17) is 4.74 Å². The van der Waals surface area contributed by atoms with Crippen molar-refractivity contribution in [2.75, 3.05) is 33.8 Å². The van der Waals surface area contributed by atoms with Crippen LogP contribution < -0.4 is 9.46 Å². The third-order valence-corrected chi connectivity index (χ3v) is 9.55. The van der Waals surface area contributed by atoms with E-state index in [1.165, 1.54) is 9.87 Å². The maximum Gasteiger partial charge on any atom is 0.279 e. The van der Waals surface area contributed by atoms with Crippen LogP contribution in [-0.2, 0) is 23.2 Å². The summed E-state index contributed by atoms with van der Waals surface area (Å²) >= 11 is 1.61. The van der Waals surface area contributed by atoms with Gasteiger partial charge in [-0.3, -0.25) is 10.00 Å². The van der Waals surface area contributed by atoms with Crippen LogP contribution >= 0.6 is 11.3 Å². The van der Waals surface area contributed by atoms with Crippen LogP contribution in [0.1, 0.15) is 17.5 Å².